The van der Waals surface area contributed by atoms with Crippen molar-refractivity contribution < 1.29 is 9.84 Å². The number of aliphatic hydroxyl groups excluding tert-OH is 1. The molecule has 3 aromatic rings. The second-order valence-electron chi connectivity index (χ2n) is 9.28. The van der Waals surface area contributed by atoms with Crippen LogP contribution in [0.1, 0.15) is 42.9 Å². The van der Waals surface area contributed by atoms with Gasteiger partial charge in [-0.2, -0.15) is 0 Å². The Balaban J connectivity index is 1.20. The number of ether oxygens (including phenoxy) is 1. The highest BCUT2D eigenvalue weighted by molar-refractivity contribution is 5.83. The number of pyridine rings is 1. The van der Waals surface area contributed by atoms with E-state index in [2.05, 4.69) is 51.6 Å². The lowest BCUT2D eigenvalue weighted by Gasteiger charge is -2.40. The van der Waals surface area contributed by atoms with Crippen molar-refractivity contribution in [2.45, 2.75) is 49.9 Å². The van der Waals surface area contributed by atoms with Crippen LogP contribution in [-0.4, -0.2) is 53.3 Å². The summed E-state index contributed by atoms with van der Waals surface area (Å²) in [5.41, 5.74) is 3.07. The molecule has 2 bridgehead atoms. The van der Waals surface area contributed by atoms with Crippen molar-refractivity contribution in [2.75, 3.05) is 20.2 Å². The Labute approximate surface area is 196 Å². The van der Waals surface area contributed by atoms with Gasteiger partial charge in [0.25, 0.3) is 0 Å². The Morgan fingerprint density at radius 2 is 1.91 bits per heavy atom. The number of aliphatic hydroxyl groups is 1. The molecule has 3 heterocycles. The summed E-state index contributed by atoms with van der Waals surface area (Å²) in [7, 11) is 1.65. The summed E-state index contributed by atoms with van der Waals surface area (Å²) >= 11 is 0. The molecule has 2 aromatic carbocycles. The topological polar surface area (TPSA) is 57.6 Å². The van der Waals surface area contributed by atoms with Crippen molar-refractivity contribution in [3.63, 3.8) is 0 Å². The molecule has 2 aliphatic rings. The van der Waals surface area contributed by atoms with E-state index in [-0.39, 0.29) is 0 Å². The van der Waals surface area contributed by atoms with Gasteiger partial charge in [0.05, 0.1) is 24.9 Å². The molecule has 2 N–H and O–H groups in total. The maximum Gasteiger partial charge on any atom is 0.137 e. The van der Waals surface area contributed by atoms with E-state index >= 15 is 0 Å². The van der Waals surface area contributed by atoms with E-state index in [1.165, 1.54) is 18.4 Å². The van der Waals surface area contributed by atoms with Crippen LogP contribution in [0.2, 0.25) is 0 Å². The number of benzene rings is 2. The Kier molecular flexibility index (Phi) is 6.72. The van der Waals surface area contributed by atoms with Gasteiger partial charge in [0.15, 0.2) is 0 Å². The zero-order valence-corrected chi connectivity index (χ0v) is 19.2. The van der Waals surface area contributed by atoms with Crippen molar-refractivity contribution in [1.29, 1.82) is 0 Å². The molecule has 2 aliphatic heterocycles. The highest BCUT2D eigenvalue weighted by atomic mass is 16.5. The summed E-state index contributed by atoms with van der Waals surface area (Å²) in [4.78, 5) is 7.04. The van der Waals surface area contributed by atoms with Crippen LogP contribution < -0.4 is 10.1 Å². The van der Waals surface area contributed by atoms with Crippen molar-refractivity contribution >= 4 is 17.0 Å². The fraction of sp³-hybridized carbons (Fsp3) is 0.393. The number of hydrogen-bond acceptors (Lipinski definition) is 5. The van der Waals surface area contributed by atoms with Gasteiger partial charge >= 0.3 is 0 Å². The van der Waals surface area contributed by atoms with Gasteiger partial charge in [-0.3, -0.25) is 9.88 Å². The number of hydrogen-bond donors (Lipinski definition) is 2. The second-order valence-corrected chi connectivity index (χ2v) is 9.28. The molecule has 172 valence electrons. The molecule has 0 spiro atoms. The van der Waals surface area contributed by atoms with E-state index < -0.39 is 6.10 Å². The second kappa shape index (κ2) is 10.0. The first-order chi connectivity index (χ1) is 16.2. The van der Waals surface area contributed by atoms with Crippen LogP contribution in [0.15, 0.2) is 66.9 Å². The van der Waals surface area contributed by atoms with Gasteiger partial charge in [0, 0.05) is 36.6 Å². The standard InChI is InChI=1S/C28H33N3O2/c1-33-24-17-26-25(10-5-11-27(26)30-18-24)28(32)19-31-22-12-13-23(31)16-21(15-22)29-14-6-9-20-7-3-2-4-8-20/h2-11,17-18,21-23,28-29,32H,12-16,19H2,1H3/b9-6+. The van der Waals surface area contributed by atoms with Crippen molar-refractivity contribution in [3.8, 4) is 5.75 Å². The summed E-state index contributed by atoms with van der Waals surface area (Å²) in [6.45, 7) is 1.57. The van der Waals surface area contributed by atoms with Crippen molar-refractivity contribution in [1.82, 2.24) is 15.2 Å². The van der Waals surface area contributed by atoms with E-state index in [0.717, 1.165) is 41.6 Å². The lowest BCUT2D eigenvalue weighted by molar-refractivity contribution is 0.0529. The van der Waals surface area contributed by atoms with Crippen LogP contribution in [0.3, 0.4) is 0 Å². The molecule has 1 aromatic heterocycles. The molecular formula is C28H33N3O2. The maximum atomic E-state index is 11.2. The first-order valence-corrected chi connectivity index (χ1v) is 12.0. The minimum atomic E-state index is -0.538. The van der Waals surface area contributed by atoms with Gasteiger partial charge in [-0.25, -0.2) is 0 Å². The van der Waals surface area contributed by atoms with E-state index in [0.29, 0.717) is 24.7 Å². The maximum absolute atomic E-state index is 11.2. The van der Waals surface area contributed by atoms with Crippen LogP contribution in [0.4, 0.5) is 0 Å². The molecule has 2 fully saturated rings. The number of nitrogens with zero attached hydrogens (tertiary/aromatic N) is 2. The third kappa shape index (κ3) is 4.96. The number of rotatable bonds is 8. The zero-order valence-electron chi connectivity index (χ0n) is 19.2. The molecule has 33 heavy (non-hydrogen) atoms. The molecule has 0 radical (unpaired) electrons. The Morgan fingerprint density at radius 1 is 1.12 bits per heavy atom. The highest BCUT2D eigenvalue weighted by Crippen LogP contribution is 2.37. The average Bonchev–Trinajstić information content (AvgIpc) is 3.08. The van der Waals surface area contributed by atoms with Crippen LogP contribution in [0, 0.1) is 0 Å². The summed E-state index contributed by atoms with van der Waals surface area (Å²) in [5, 5.41) is 15.9. The molecule has 0 amide bonds. The molecule has 2 saturated heterocycles. The normalized spacial score (nSPS) is 23.9. The Morgan fingerprint density at radius 3 is 2.67 bits per heavy atom. The fourth-order valence-electron chi connectivity index (χ4n) is 5.59. The molecule has 3 unspecified atom stereocenters. The van der Waals surface area contributed by atoms with Crippen LogP contribution in [0.5, 0.6) is 5.75 Å². The first kappa shape index (κ1) is 22.1. The molecule has 3 atom stereocenters. The monoisotopic (exact) mass is 443 g/mol. The quantitative estimate of drug-likeness (QED) is 0.534. The molecular weight excluding hydrogens is 410 g/mol. The summed E-state index contributed by atoms with van der Waals surface area (Å²) in [6.07, 6.45) is 10.3. The number of methoxy groups -OCH3 is 1. The summed E-state index contributed by atoms with van der Waals surface area (Å²) in [5.74, 6) is 0.718. The minimum Gasteiger partial charge on any atom is -0.495 e. The number of nitrogens with one attached hydrogen (secondary N) is 1. The van der Waals surface area contributed by atoms with E-state index in [1.54, 1.807) is 13.3 Å². The summed E-state index contributed by atoms with van der Waals surface area (Å²) in [6, 6.07) is 20.0. The lowest BCUT2D eigenvalue weighted by atomic mass is 9.95. The van der Waals surface area contributed by atoms with Gasteiger partial charge < -0.3 is 15.2 Å². The van der Waals surface area contributed by atoms with E-state index in [1.807, 2.05) is 30.3 Å². The predicted molar refractivity (Wildman–Crippen MR) is 133 cm³/mol. The number of aromatic nitrogens is 1. The predicted octanol–water partition coefficient (Wildman–Crippen LogP) is 4.58. The van der Waals surface area contributed by atoms with Gasteiger partial charge in [0.1, 0.15) is 5.75 Å². The molecule has 5 rings (SSSR count). The number of piperidine rings is 1. The van der Waals surface area contributed by atoms with Crippen molar-refractivity contribution in [3.05, 3.63) is 78.0 Å². The van der Waals surface area contributed by atoms with Crippen LogP contribution in [-0.2, 0) is 0 Å². The third-order valence-corrected chi connectivity index (χ3v) is 7.23. The molecule has 5 heteroatoms. The lowest BCUT2D eigenvalue weighted by Crippen LogP contribution is -2.50. The number of fused-ring (bicyclic) bond motifs is 3. The Hall–Kier alpha value is -2.73. The van der Waals surface area contributed by atoms with Gasteiger partial charge in [0.2, 0.25) is 0 Å². The average molecular weight is 444 g/mol. The van der Waals surface area contributed by atoms with Gasteiger partial charge in [-0.1, -0.05) is 54.6 Å². The van der Waals surface area contributed by atoms with Crippen molar-refractivity contribution in [2.24, 2.45) is 0 Å². The van der Waals surface area contributed by atoms with Crippen LogP contribution >= 0.6 is 0 Å². The fourth-order valence-corrected chi connectivity index (χ4v) is 5.59. The smallest absolute Gasteiger partial charge is 0.137 e. The zero-order chi connectivity index (χ0) is 22.6. The van der Waals surface area contributed by atoms with Gasteiger partial charge in [-0.05, 0) is 48.9 Å². The largest absolute Gasteiger partial charge is 0.495 e. The first-order valence-electron chi connectivity index (χ1n) is 12.0. The van der Waals surface area contributed by atoms with Crippen LogP contribution in [0.25, 0.3) is 17.0 Å². The SMILES string of the molecule is COc1cnc2cccc(C(O)CN3C4CCC3CC(NC/C=C/c3ccccc3)C4)c2c1. The minimum absolute atomic E-state index is 0.538. The third-order valence-electron chi connectivity index (χ3n) is 7.23. The Bertz CT molecular complexity index is 1090. The molecule has 5 nitrogen and oxygen atoms in total. The van der Waals surface area contributed by atoms with E-state index in [4.69, 9.17) is 4.74 Å². The van der Waals surface area contributed by atoms with Gasteiger partial charge in [-0.15, -0.1) is 0 Å². The van der Waals surface area contributed by atoms with E-state index in [9.17, 15) is 5.11 Å². The summed E-state index contributed by atoms with van der Waals surface area (Å²) < 4.78 is 5.36. The molecule has 0 saturated carbocycles. The molecule has 0 aliphatic carbocycles. The highest BCUT2D eigenvalue weighted by Gasteiger charge is 2.41.